The van der Waals surface area contributed by atoms with Gasteiger partial charge in [0.05, 0.1) is 4.47 Å². The van der Waals surface area contributed by atoms with Crippen molar-refractivity contribution < 1.29 is 5.11 Å². The average molecular weight is 338 g/mol. The second-order valence-electron chi connectivity index (χ2n) is 4.94. The van der Waals surface area contributed by atoms with Crippen LogP contribution in [0.3, 0.4) is 0 Å². The van der Waals surface area contributed by atoms with Gasteiger partial charge in [0.15, 0.2) is 0 Å². The third kappa shape index (κ3) is 2.69. The molecule has 0 bridgehead atoms. The fourth-order valence-corrected chi connectivity index (χ4v) is 3.10. The number of nitrogens with one attached hydrogen (secondary N) is 1. The molecule has 3 heterocycles. The van der Waals surface area contributed by atoms with E-state index in [4.69, 9.17) is 0 Å². The summed E-state index contributed by atoms with van der Waals surface area (Å²) < 4.78 is 0.907. The highest BCUT2D eigenvalue weighted by Crippen LogP contribution is 2.32. The quantitative estimate of drug-likeness (QED) is 0.894. The lowest BCUT2D eigenvalue weighted by molar-refractivity contribution is 0.0856. The van der Waals surface area contributed by atoms with Crippen molar-refractivity contribution in [1.29, 1.82) is 0 Å². The Hall–Kier alpha value is -1.47. The molecule has 1 aliphatic rings. The molecule has 1 fully saturated rings. The smallest absolute Gasteiger partial charge is 0.146 e. The van der Waals surface area contributed by atoms with Gasteiger partial charge in [-0.25, -0.2) is 15.0 Å². The van der Waals surface area contributed by atoms with E-state index in [1.807, 2.05) is 0 Å². The van der Waals surface area contributed by atoms with Crippen molar-refractivity contribution in [3.63, 3.8) is 0 Å². The van der Waals surface area contributed by atoms with Crippen molar-refractivity contribution >= 4 is 21.7 Å². The number of aromatic nitrogens is 4. The molecule has 2 N–H and O–H groups in total. The van der Waals surface area contributed by atoms with E-state index >= 15 is 0 Å². The Morgan fingerprint density at radius 1 is 1.35 bits per heavy atom. The van der Waals surface area contributed by atoms with Crippen molar-refractivity contribution in [2.45, 2.75) is 18.9 Å². The summed E-state index contributed by atoms with van der Waals surface area (Å²) >= 11 is 3.48. The summed E-state index contributed by atoms with van der Waals surface area (Å²) in [5, 5.41) is 10.3. The van der Waals surface area contributed by atoms with Gasteiger partial charge in [0.2, 0.25) is 0 Å². The number of anilines is 1. The van der Waals surface area contributed by atoms with E-state index in [0.29, 0.717) is 5.82 Å². The van der Waals surface area contributed by atoms with E-state index < -0.39 is 6.10 Å². The average Bonchev–Trinajstić information content (AvgIpc) is 3.01. The maximum Gasteiger partial charge on any atom is 0.146 e. The van der Waals surface area contributed by atoms with Crippen LogP contribution in [0.2, 0.25) is 0 Å². The third-order valence-electron chi connectivity index (χ3n) is 3.73. The maximum atomic E-state index is 10.3. The van der Waals surface area contributed by atoms with Crippen molar-refractivity contribution in [3.8, 4) is 0 Å². The molecule has 0 radical (unpaired) electrons. The monoisotopic (exact) mass is 337 g/mol. The second kappa shape index (κ2) is 5.88. The third-order valence-corrected chi connectivity index (χ3v) is 4.29. The van der Waals surface area contributed by atoms with Gasteiger partial charge in [-0.2, -0.15) is 0 Å². The zero-order chi connectivity index (χ0) is 13.9. The molecule has 2 aromatic heterocycles. The van der Waals surface area contributed by atoms with Crippen LogP contribution in [0.5, 0.6) is 0 Å². The zero-order valence-corrected chi connectivity index (χ0v) is 12.5. The Morgan fingerprint density at radius 3 is 2.80 bits per heavy atom. The number of aliphatic hydroxyl groups excluding tert-OH is 1. The molecule has 1 atom stereocenters. The Balaban J connectivity index is 1.64. The summed E-state index contributed by atoms with van der Waals surface area (Å²) in [4.78, 5) is 17.6. The highest BCUT2D eigenvalue weighted by molar-refractivity contribution is 9.10. The molecule has 20 heavy (non-hydrogen) atoms. The van der Waals surface area contributed by atoms with Gasteiger partial charge in [0.25, 0.3) is 0 Å². The Bertz CT molecular complexity index is 554. The molecule has 2 aromatic rings. The minimum Gasteiger partial charge on any atom is -0.385 e. The fraction of sp³-hybridized carbons (Fsp3) is 0.462. The van der Waals surface area contributed by atoms with Crippen LogP contribution in [0.1, 0.15) is 24.8 Å². The number of hydrogen-bond acceptors (Lipinski definition) is 5. The Morgan fingerprint density at radius 2 is 2.15 bits per heavy atom. The predicted octanol–water partition coefficient (Wildman–Crippen LogP) is 1.91. The number of H-pyrrole nitrogens is 1. The number of nitrogens with zero attached hydrogens (tertiary/aromatic N) is 4. The first-order valence-electron chi connectivity index (χ1n) is 6.63. The number of piperidine rings is 1. The summed E-state index contributed by atoms with van der Waals surface area (Å²) in [5.74, 6) is 1.82. The SMILES string of the molecule is O[C@H](c1ncc[nH]1)C1CCN(c2ncncc2Br)CC1. The predicted molar refractivity (Wildman–Crippen MR) is 78.2 cm³/mol. The summed E-state index contributed by atoms with van der Waals surface area (Å²) in [6, 6.07) is 0. The van der Waals surface area contributed by atoms with Gasteiger partial charge < -0.3 is 15.0 Å². The highest BCUT2D eigenvalue weighted by atomic mass is 79.9. The first-order chi connectivity index (χ1) is 9.75. The van der Waals surface area contributed by atoms with E-state index in [1.54, 1.807) is 24.9 Å². The minimum atomic E-state index is -0.513. The standard InChI is InChI=1S/C13H16BrN5O/c14-10-7-15-8-18-13(10)19-5-1-9(2-6-19)11(20)12-16-3-4-17-12/h3-4,7-9,11,20H,1-2,5-6H2,(H,16,17)/t11-/m0/s1. The van der Waals surface area contributed by atoms with Gasteiger partial charge in [-0.15, -0.1) is 0 Å². The lowest BCUT2D eigenvalue weighted by Gasteiger charge is -2.34. The molecule has 6 nitrogen and oxygen atoms in total. The maximum absolute atomic E-state index is 10.3. The van der Waals surface area contributed by atoms with E-state index in [-0.39, 0.29) is 5.92 Å². The lowest BCUT2D eigenvalue weighted by atomic mass is 9.91. The largest absolute Gasteiger partial charge is 0.385 e. The molecule has 106 valence electrons. The molecule has 0 aromatic carbocycles. The number of aromatic amines is 1. The van der Waals surface area contributed by atoms with Gasteiger partial charge in [-0.05, 0) is 34.7 Å². The number of aliphatic hydroxyl groups is 1. The van der Waals surface area contributed by atoms with Crippen LogP contribution in [0, 0.1) is 5.92 Å². The molecule has 0 amide bonds. The van der Waals surface area contributed by atoms with E-state index in [1.165, 1.54) is 0 Å². The molecule has 1 aliphatic heterocycles. The van der Waals surface area contributed by atoms with E-state index in [0.717, 1.165) is 36.2 Å². The van der Waals surface area contributed by atoms with Crippen LogP contribution in [-0.4, -0.2) is 38.1 Å². The fourth-order valence-electron chi connectivity index (χ4n) is 2.63. The van der Waals surface area contributed by atoms with Crippen molar-refractivity contribution in [2.24, 2.45) is 5.92 Å². The van der Waals surface area contributed by atoms with Crippen LogP contribution in [0.25, 0.3) is 0 Å². The first kappa shape index (κ1) is 13.5. The summed E-state index contributed by atoms with van der Waals surface area (Å²) in [7, 11) is 0. The molecule has 0 aliphatic carbocycles. The lowest BCUT2D eigenvalue weighted by Crippen LogP contribution is -2.36. The molecular weight excluding hydrogens is 322 g/mol. The van der Waals surface area contributed by atoms with Crippen LogP contribution < -0.4 is 4.90 Å². The van der Waals surface area contributed by atoms with Crippen molar-refractivity contribution in [3.05, 3.63) is 35.2 Å². The van der Waals surface area contributed by atoms with Gasteiger partial charge in [0.1, 0.15) is 24.1 Å². The van der Waals surface area contributed by atoms with E-state index in [9.17, 15) is 5.11 Å². The van der Waals surface area contributed by atoms with Gasteiger partial charge >= 0.3 is 0 Å². The molecule has 0 saturated carbocycles. The van der Waals surface area contributed by atoms with Crippen LogP contribution in [0.15, 0.2) is 29.4 Å². The number of hydrogen-bond donors (Lipinski definition) is 2. The van der Waals surface area contributed by atoms with Crippen molar-refractivity contribution in [2.75, 3.05) is 18.0 Å². The molecule has 1 saturated heterocycles. The molecular formula is C13H16BrN5O. The number of rotatable bonds is 3. The Labute approximate surface area is 125 Å². The number of halogens is 1. The zero-order valence-electron chi connectivity index (χ0n) is 10.9. The minimum absolute atomic E-state index is 0.234. The first-order valence-corrected chi connectivity index (χ1v) is 7.43. The van der Waals surface area contributed by atoms with Crippen molar-refractivity contribution in [1.82, 2.24) is 19.9 Å². The van der Waals surface area contributed by atoms with Gasteiger partial charge in [-0.1, -0.05) is 0 Å². The normalized spacial score (nSPS) is 18.2. The topological polar surface area (TPSA) is 77.9 Å². The summed E-state index contributed by atoms with van der Waals surface area (Å²) in [6.45, 7) is 1.75. The summed E-state index contributed by atoms with van der Waals surface area (Å²) in [6.07, 6.45) is 8.05. The van der Waals surface area contributed by atoms with Crippen LogP contribution >= 0.6 is 15.9 Å². The molecule has 3 rings (SSSR count). The van der Waals surface area contributed by atoms with Crippen LogP contribution in [0.4, 0.5) is 5.82 Å². The molecule has 0 spiro atoms. The van der Waals surface area contributed by atoms with Gasteiger partial charge in [-0.3, -0.25) is 0 Å². The molecule has 0 unspecified atom stereocenters. The Kier molecular flexibility index (Phi) is 3.98. The van der Waals surface area contributed by atoms with Crippen LogP contribution in [-0.2, 0) is 0 Å². The van der Waals surface area contributed by atoms with Gasteiger partial charge in [0, 0.05) is 31.7 Å². The second-order valence-corrected chi connectivity index (χ2v) is 5.79. The van der Waals surface area contributed by atoms with E-state index in [2.05, 4.69) is 40.8 Å². The molecule has 7 heteroatoms. The highest BCUT2D eigenvalue weighted by Gasteiger charge is 2.28. The summed E-state index contributed by atoms with van der Waals surface area (Å²) in [5.41, 5.74) is 0. The number of imidazole rings is 1.